The molecular weight excluding hydrogens is 254 g/mol. The first kappa shape index (κ1) is 17.4. The number of piperidine rings is 1. The highest BCUT2D eigenvalue weighted by molar-refractivity contribution is 5.82. The minimum Gasteiger partial charge on any atom is -0.377 e. The number of likely N-dealkylation sites (tertiary alicyclic amines) is 1. The maximum absolute atomic E-state index is 12.3. The van der Waals surface area contributed by atoms with E-state index in [-0.39, 0.29) is 17.5 Å². The third-order valence-corrected chi connectivity index (χ3v) is 4.22. The second-order valence-electron chi connectivity index (χ2n) is 6.30. The predicted octanol–water partition coefficient (Wildman–Crippen LogP) is 1.12. The molecular formula is C15H31N3O2. The topological polar surface area (TPSA) is 67.6 Å². The molecule has 0 spiro atoms. The van der Waals surface area contributed by atoms with E-state index in [2.05, 4.69) is 31.0 Å². The summed E-state index contributed by atoms with van der Waals surface area (Å²) in [6.07, 6.45) is 3.20. The molecule has 0 aromatic carbocycles. The van der Waals surface area contributed by atoms with Gasteiger partial charge in [0.25, 0.3) is 0 Å². The molecule has 1 saturated heterocycles. The van der Waals surface area contributed by atoms with Crippen LogP contribution in [0.5, 0.6) is 0 Å². The predicted molar refractivity (Wildman–Crippen MR) is 81.6 cm³/mol. The van der Waals surface area contributed by atoms with Crippen molar-refractivity contribution in [3.8, 4) is 0 Å². The fourth-order valence-corrected chi connectivity index (χ4v) is 2.36. The molecule has 0 saturated carbocycles. The molecule has 5 heteroatoms. The summed E-state index contributed by atoms with van der Waals surface area (Å²) in [5.41, 5.74) is 5.31. The molecule has 0 radical (unpaired) electrons. The Morgan fingerprint density at radius 3 is 2.55 bits per heavy atom. The van der Waals surface area contributed by atoms with Crippen molar-refractivity contribution in [2.24, 2.45) is 5.73 Å². The van der Waals surface area contributed by atoms with Gasteiger partial charge >= 0.3 is 0 Å². The minimum absolute atomic E-state index is 0.0729. The number of nitrogens with one attached hydrogen (secondary N) is 1. The van der Waals surface area contributed by atoms with Gasteiger partial charge in [-0.2, -0.15) is 0 Å². The lowest BCUT2D eigenvalue weighted by Gasteiger charge is -2.36. The van der Waals surface area contributed by atoms with Crippen molar-refractivity contribution >= 4 is 5.91 Å². The second-order valence-corrected chi connectivity index (χ2v) is 6.30. The molecule has 0 aromatic heterocycles. The molecule has 1 aliphatic heterocycles. The lowest BCUT2D eigenvalue weighted by atomic mass is 10.0. The molecule has 3 N–H and O–H groups in total. The van der Waals surface area contributed by atoms with Gasteiger partial charge in [0.1, 0.15) is 0 Å². The first-order valence-electron chi connectivity index (χ1n) is 7.77. The third-order valence-electron chi connectivity index (χ3n) is 4.22. The monoisotopic (exact) mass is 285 g/mol. The van der Waals surface area contributed by atoms with Crippen LogP contribution in [0.25, 0.3) is 0 Å². The summed E-state index contributed by atoms with van der Waals surface area (Å²) in [4.78, 5) is 14.5. The number of rotatable bonds is 7. The van der Waals surface area contributed by atoms with Gasteiger partial charge in [-0.1, -0.05) is 6.92 Å². The van der Waals surface area contributed by atoms with Crippen LogP contribution in [0.4, 0.5) is 0 Å². The van der Waals surface area contributed by atoms with E-state index in [1.807, 2.05) is 6.92 Å². The van der Waals surface area contributed by atoms with Crippen LogP contribution in [0.1, 0.15) is 47.0 Å². The molecule has 0 aromatic rings. The van der Waals surface area contributed by atoms with Gasteiger partial charge in [-0.05, 0) is 40.0 Å². The highest BCUT2D eigenvalue weighted by Gasteiger charge is 2.29. The standard InChI is InChI=1S/C15H31N3O2/c1-5-15(3,4)17-14(19)12(2)18-9-6-13(7-10-18)20-11-8-16/h12-13H,5-11,16H2,1-4H3,(H,17,19). The van der Waals surface area contributed by atoms with Crippen molar-refractivity contribution in [2.45, 2.75) is 64.6 Å². The average molecular weight is 285 g/mol. The molecule has 1 unspecified atom stereocenters. The van der Waals surface area contributed by atoms with Crippen molar-refractivity contribution in [1.82, 2.24) is 10.2 Å². The Balaban J connectivity index is 2.38. The van der Waals surface area contributed by atoms with Gasteiger partial charge < -0.3 is 15.8 Å². The number of carbonyl (C=O) groups excluding carboxylic acids is 1. The Labute approximate surface area is 123 Å². The molecule has 1 fully saturated rings. The molecule has 1 aliphatic rings. The molecule has 118 valence electrons. The average Bonchev–Trinajstić information content (AvgIpc) is 2.44. The Bertz CT molecular complexity index is 299. The summed E-state index contributed by atoms with van der Waals surface area (Å²) >= 11 is 0. The van der Waals surface area contributed by atoms with Crippen LogP contribution in [-0.2, 0) is 9.53 Å². The van der Waals surface area contributed by atoms with Crippen LogP contribution < -0.4 is 11.1 Å². The molecule has 20 heavy (non-hydrogen) atoms. The maximum atomic E-state index is 12.3. The Morgan fingerprint density at radius 2 is 2.05 bits per heavy atom. The summed E-state index contributed by atoms with van der Waals surface area (Å²) in [5, 5.41) is 3.12. The van der Waals surface area contributed by atoms with Crippen LogP contribution >= 0.6 is 0 Å². The Morgan fingerprint density at radius 1 is 1.45 bits per heavy atom. The van der Waals surface area contributed by atoms with E-state index < -0.39 is 0 Å². The smallest absolute Gasteiger partial charge is 0.237 e. The summed E-state index contributed by atoms with van der Waals surface area (Å²) in [6, 6.07) is -0.0729. The number of nitrogens with two attached hydrogens (primary N) is 1. The molecule has 0 bridgehead atoms. The first-order valence-corrected chi connectivity index (χ1v) is 7.77. The van der Waals surface area contributed by atoms with Gasteiger partial charge in [0.05, 0.1) is 18.8 Å². The zero-order chi connectivity index (χ0) is 15.2. The zero-order valence-corrected chi connectivity index (χ0v) is 13.4. The summed E-state index contributed by atoms with van der Waals surface area (Å²) in [6.45, 7) is 11.2. The fourth-order valence-electron chi connectivity index (χ4n) is 2.36. The van der Waals surface area contributed by atoms with Gasteiger partial charge in [-0.3, -0.25) is 9.69 Å². The maximum Gasteiger partial charge on any atom is 0.237 e. The lowest BCUT2D eigenvalue weighted by molar-refractivity contribution is -0.128. The van der Waals surface area contributed by atoms with Gasteiger partial charge in [-0.15, -0.1) is 0 Å². The minimum atomic E-state index is -0.131. The molecule has 5 nitrogen and oxygen atoms in total. The van der Waals surface area contributed by atoms with E-state index in [1.165, 1.54) is 0 Å². The number of amides is 1. The fraction of sp³-hybridized carbons (Fsp3) is 0.933. The third kappa shape index (κ3) is 5.38. The lowest BCUT2D eigenvalue weighted by Crippen LogP contribution is -2.53. The largest absolute Gasteiger partial charge is 0.377 e. The molecule has 1 amide bonds. The number of carbonyl (C=O) groups is 1. The normalized spacial score (nSPS) is 19.9. The number of nitrogens with zero attached hydrogens (tertiary/aromatic N) is 1. The molecule has 1 heterocycles. The van der Waals surface area contributed by atoms with Crippen LogP contribution in [0.15, 0.2) is 0 Å². The Hall–Kier alpha value is -0.650. The van der Waals surface area contributed by atoms with Crippen LogP contribution in [0.2, 0.25) is 0 Å². The second kappa shape index (κ2) is 7.96. The number of hydrogen-bond acceptors (Lipinski definition) is 4. The Kier molecular flexibility index (Phi) is 6.92. The zero-order valence-electron chi connectivity index (χ0n) is 13.4. The van der Waals surface area contributed by atoms with E-state index in [9.17, 15) is 4.79 Å². The number of ether oxygens (including phenoxy) is 1. The van der Waals surface area contributed by atoms with Crippen LogP contribution in [0.3, 0.4) is 0 Å². The van der Waals surface area contributed by atoms with Crippen molar-refractivity contribution < 1.29 is 9.53 Å². The van der Waals surface area contributed by atoms with Gasteiger partial charge in [0.15, 0.2) is 0 Å². The SMILES string of the molecule is CCC(C)(C)NC(=O)C(C)N1CCC(OCCN)CC1. The quantitative estimate of drug-likeness (QED) is 0.735. The molecule has 1 atom stereocenters. The number of hydrogen-bond donors (Lipinski definition) is 2. The van der Waals surface area contributed by atoms with Crippen LogP contribution in [0, 0.1) is 0 Å². The van der Waals surface area contributed by atoms with E-state index in [1.54, 1.807) is 0 Å². The van der Waals surface area contributed by atoms with E-state index in [4.69, 9.17) is 10.5 Å². The van der Waals surface area contributed by atoms with Crippen molar-refractivity contribution in [2.75, 3.05) is 26.2 Å². The van der Waals surface area contributed by atoms with Gasteiger partial charge in [0, 0.05) is 25.2 Å². The first-order chi connectivity index (χ1) is 9.39. The van der Waals surface area contributed by atoms with Crippen molar-refractivity contribution in [3.63, 3.8) is 0 Å². The van der Waals surface area contributed by atoms with E-state index in [0.717, 1.165) is 32.4 Å². The van der Waals surface area contributed by atoms with Crippen molar-refractivity contribution in [1.29, 1.82) is 0 Å². The van der Waals surface area contributed by atoms with Crippen molar-refractivity contribution in [3.05, 3.63) is 0 Å². The van der Waals surface area contributed by atoms with E-state index >= 15 is 0 Å². The van der Waals surface area contributed by atoms with E-state index in [0.29, 0.717) is 19.3 Å². The molecule has 0 aliphatic carbocycles. The summed E-state index contributed by atoms with van der Waals surface area (Å²) in [5.74, 6) is 0.123. The highest BCUT2D eigenvalue weighted by atomic mass is 16.5. The van der Waals surface area contributed by atoms with Crippen LogP contribution in [-0.4, -0.2) is 54.7 Å². The highest BCUT2D eigenvalue weighted by Crippen LogP contribution is 2.17. The van der Waals surface area contributed by atoms with Gasteiger partial charge in [0.2, 0.25) is 5.91 Å². The van der Waals surface area contributed by atoms with Gasteiger partial charge in [-0.25, -0.2) is 0 Å². The summed E-state index contributed by atoms with van der Waals surface area (Å²) < 4.78 is 5.67. The summed E-state index contributed by atoms with van der Waals surface area (Å²) in [7, 11) is 0. The molecule has 1 rings (SSSR count).